The number of rotatable bonds is 20. The maximum Gasteiger partial charge on any atom is 0.324 e. The number of hydrogen-bond acceptors (Lipinski definition) is 11. The molecular formula is C40H48N6O5S4. The van der Waals surface area contributed by atoms with E-state index in [4.69, 9.17) is 14.7 Å². The molecule has 0 aliphatic rings. The van der Waals surface area contributed by atoms with Gasteiger partial charge in [-0.25, -0.2) is 0 Å². The van der Waals surface area contributed by atoms with Crippen LogP contribution in [0.4, 0.5) is 0 Å². The predicted molar refractivity (Wildman–Crippen MR) is 223 cm³/mol. The van der Waals surface area contributed by atoms with E-state index in [9.17, 15) is 19.3 Å². The van der Waals surface area contributed by atoms with Crippen molar-refractivity contribution < 1.29 is 24.1 Å². The molecule has 2 aromatic carbocycles. The minimum atomic E-state index is -1.54. The molecular weight excluding hydrogens is 773 g/mol. The lowest BCUT2D eigenvalue weighted by atomic mass is 10.2. The largest absolute Gasteiger partial charge is 0.609 e. The quantitative estimate of drug-likeness (QED) is 0.0613. The maximum absolute atomic E-state index is 14.1. The van der Waals surface area contributed by atoms with E-state index in [1.54, 1.807) is 35.9 Å². The minimum Gasteiger partial charge on any atom is -0.609 e. The zero-order valence-electron chi connectivity index (χ0n) is 31.6. The molecule has 0 aliphatic carbocycles. The Balaban J connectivity index is 1.28. The number of aromatic nitrogens is 6. The highest BCUT2D eigenvalue weighted by molar-refractivity contribution is 7.99. The van der Waals surface area contributed by atoms with Gasteiger partial charge < -0.3 is 24.1 Å². The SMILES string of the molecule is CCSc1ccnc(C[S+]([O-])c2nc3ccccc3n2CC(CCO)OC(CCO)Cn2c([S+]([O-])Cc3nccc(SCC)c3C)nc3ccccc32)c1C. The van der Waals surface area contributed by atoms with Crippen LogP contribution in [0.15, 0.2) is 93.2 Å². The van der Waals surface area contributed by atoms with Gasteiger partial charge in [-0.15, -0.1) is 23.5 Å². The molecule has 55 heavy (non-hydrogen) atoms. The van der Waals surface area contributed by atoms with E-state index in [2.05, 4.69) is 23.8 Å². The van der Waals surface area contributed by atoms with Gasteiger partial charge in [-0.3, -0.25) is 19.1 Å². The Morgan fingerprint density at radius 2 is 1.09 bits per heavy atom. The predicted octanol–water partition coefficient (Wildman–Crippen LogP) is 6.85. The Morgan fingerprint density at radius 3 is 1.49 bits per heavy atom. The summed E-state index contributed by atoms with van der Waals surface area (Å²) in [6.45, 7) is 8.48. The van der Waals surface area contributed by atoms with Crippen molar-refractivity contribution in [3.63, 3.8) is 0 Å². The normalized spacial score (nSPS) is 14.1. The van der Waals surface area contributed by atoms with Crippen LogP contribution in [-0.4, -0.2) is 85.3 Å². The Kier molecular flexibility index (Phi) is 15.0. The van der Waals surface area contributed by atoms with Crippen LogP contribution < -0.4 is 0 Å². The third kappa shape index (κ3) is 9.89. The van der Waals surface area contributed by atoms with Gasteiger partial charge in [0.15, 0.2) is 11.5 Å². The Labute approximate surface area is 337 Å². The number of thioether (sulfide) groups is 2. The number of fused-ring (bicyclic) bond motifs is 2. The lowest BCUT2D eigenvalue weighted by Gasteiger charge is -2.26. The van der Waals surface area contributed by atoms with Gasteiger partial charge in [-0.05, 0) is 85.7 Å². The van der Waals surface area contributed by atoms with Gasteiger partial charge >= 0.3 is 10.3 Å². The molecule has 4 atom stereocenters. The first-order chi connectivity index (χ1) is 26.8. The highest BCUT2D eigenvalue weighted by Crippen LogP contribution is 2.30. The van der Waals surface area contributed by atoms with Gasteiger partial charge in [0.25, 0.3) is 0 Å². The van der Waals surface area contributed by atoms with Crippen molar-refractivity contribution >= 4 is 67.9 Å². The molecule has 4 unspecified atom stereocenters. The highest BCUT2D eigenvalue weighted by Gasteiger charge is 2.30. The molecule has 0 saturated carbocycles. The number of ether oxygens (including phenoxy) is 1. The molecule has 2 N–H and O–H groups in total. The molecule has 0 fully saturated rings. The number of aliphatic hydroxyl groups is 2. The van der Waals surface area contributed by atoms with Gasteiger partial charge in [0, 0.05) is 57.8 Å². The molecule has 11 nitrogen and oxygen atoms in total. The molecule has 0 spiro atoms. The fraction of sp³-hybridized carbons (Fsp3) is 0.400. The summed E-state index contributed by atoms with van der Waals surface area (Å²) >= 11 is 0.384. The van der Waals surface area contributed by atoms with Crippen LogP contribution in [0.3, 0.4) is 0 Å². The maximum atomic E-state index is 14.1. The van der Waals surface area contributed by atoms with Crippen molar-refractivity contribution in [2.45, 2.75) is 97.4 Å². The number of para-hydroxylation sites is 4. The zero-order valence-corrected chi connectivity index (χ0v) is 34.9. The summed E-state index contributed by atoms with van der Waals surface area (Å²) < 4.78 is 38.9. The molecule has 6 rings (SSSR count). The van der Waals surface area contributed by atoms with Crippen LogP contribution in [0.2, 0.25) is 0 Å². The zero-order chi connectivity index (χ0) is 38.9. The van der Waals surface area contributed by atoms with Gasteiger partial charge in [-0.1, -0.05) is 38.1 Å². The molecule has 4 aromatic heterocycles. The number of hydrogen-bond donors (Lipinski definition) is 2. The van der Waals surface area contributed by atoms with Gasteiger partial charge in [-0.2, -0.15) is 9.97 Å². The fourth-order valence-electron chi connectivity index (χ4n) is 6.59. The molecule has 6 aromatic rings. The van der Waals surface area contributed by atoms with Crippen LogP contribution in [-0.2, 0) is 51.7 Å². The van der Waals surface area contributed by atoms with Crippen LogP contribution in [0.1, 0.15) is 49.2 Å². The Bertz CT molecular complexity index is 2030. The molecule has 15 heteroatoms. The summed E-state index contributed by atoms with van der Waals surface area (Å²) in [6.07, 6.45) is 3.04. The van der Waals surface area contributed by atoms with Crippen LogP contribution >= 0.6 is 23.5 Å². The molecule has 0 bridgehead atoms. The fourth-order valence-corrected chi connectivity index (χ4v) is 10.8. The monoisotopic (exact) mass is 820 g/mol. The lowest BCUT2D eigenvalue weighted by molar-refractivity contribution is -0.0483. The van der Waals surface area contributed by atoms with Crippen molar-refractivity contribution in [3.8, 4) is 0 Å². The number of benzene rings is 2. The molecule has 0 saturated heterocycles. The summed E-state index contributed by atoms with van der Waals surface area (Å²) in [6, 6.07) is 19.3. The Morgan fingerprint density at radius 1 is 0.673 bits per heavy atom. The van der Waals surface area contributed by atoms with E-state index >= 15 is 0 Å². The first-order valence-electron chi connectivity index (χ1n) is 18.4. The third-order valence-electron chi connectivity index (χ3n) is 9.36. The van der Waals surface area contributed by atoms with Crippen LogP contribution in [0.25, 0.3) is 22.1 Å². The first-order valence-corrected chi connectivity index (χ1v) is 23.1. The number of pyridine rings is 2. The second-order valence-corrected chi connectivity index (χ2v) is 18.3. The van der Waals surface area contributed by atoms with Gasteiger partial charge in [0.05, 0.1) is 58.8 Å². The van der Waals surface area contributed by atoms with E-state index in [0.29, 0.717) is 21.3 Å². The van der Waals surface area contributed by atoms with Crippen molar-refractivity contribution in [2.24, 2.45) is 0 Å². The second kappa shape index (κ2) is 19.8. The van der Waals surface area contributed by atoms with Crippen molar-refractivity contribution in [3.05, 3.63) is 95.6 Å². The van der Waals surface area contributed by atoms with E-state index in [-0.39, 0.29) is 50.7 Å². The third-order valence-corrected chi connectivity index (χ3v) is 14.0. The molecule has 292 valence electrons. The first kappa shape index (κ1) is 41.5. The van der Waals surface area contributed by atoms with Gasteiger partial charge in [0.1, 0.15) is 0 Å². The van der Waals surface area contributed by atoms with Crippen molar-refractivity contribution in [1.29, 1.82) is 0 Å². The molecule has 0 amide bonds. The van der Waals surface area contributed by atoms with Crippen LogP contribution in [0.5, 0.6) is 0 Å². The summed E-state index contributed by atoms with van der Waals surface area (Å²) in [4.78, 5) is 21.0. The highest BCUT2D eigenvalue weighted by atomic mass is 32.2. The van der Waals surface area contributed by atoms with E-state index in [1.807, 2.05) is 83.6 Å². The van der Waals surface area contributed by atoms with Crippen LogP contribution in [0, 0.1) is 13.8 Å². The molecule has 0 radical (unpaired) electrons. The second-order valence-electron chi connectivity index (χ2n) is 13.0. The van der Waals surface area contributed by atoms with E-state index in [1.165, 1.54) is 0 Å². The number of aliphatic hydroxyl groups excluding tert-OH is 2. The smallest absolute Gasteiger partial charge is 0.324 e. The Hall–Kier alpha value is -3.12. The lowest BCUT2D eigenvalue weighted by Crippen LogP contribution is -2.32. The number of imidazole rings is 2. The summed E-state index contributed by atoms with van der Waals surface area (Å²) in [5.74, 6) is 2.26. The van der Waals surface area contributed by atoms with Crippen molar-refractivity contribution in [1.82, 2.24) is 29.1 Å². The summed E-state index contributed by atoms with van der Waals surface area (Å²) in [5, 5.41) is 21.3. The van der Waals surface area contributed by atoms with E-state index < -0.39 is 34.6 Å². The van der Waals surface area contributed by atoms with E-state index in [0.717, 1.165) is 54.8 Å². The summed E-state index contributed by atoms with van der Waals surface area (Å²) in [7, 11) is 0. The van der Waals surface area contributed by atoms with Crippen molar-refractivity contribution in [2.75, 3.05) is 24.7 Å². The molecule has 0 aliphatic heterocycles. The number of nitrogens with zero attached hydrogens (tertiary/aromatic N) is 6. The average Bonchev–Trinajstić information content (AvgIpc) is 3.73. The topological polar surface area (TPSA) is 157 Å². The average molecular weight is 821 g/mol. The standard InChI is InChI=1S/C40H48N6O5S4/c1-5-52-37-15-19-41-33(27(37)3)25-54(49)39-43-31-11-7-9-13-35(31)45(39)23-29(17-21-47)51-30(18-22-48)24-46-36-14-10-8-12-32(36)44-40(46)55(50)26-34-28(4)38(53-6-2)16-20-42-34/h7-16,19-20,29-30,47-48H,5-6,17-18,21-26H2,1-4H3. The minimum absolute atomic E-state index is 0.141. The molecule has 4 heterocycles. The summed E-state index contributed by atoms with van der Waals surface area (Å²) in [5.41, 5.74) is 6.59. The van der Waals surface area contributed by atoms with Gasteiger partial charge in [0.2, 0.25) is 0 Å².